The number of nitrogens with one attached hydrogen (secondary N) is 1. The fraction of sp³-hybridized carbons (Fsp3) is 0.782. The van der Waals surface area contributed by atoms with Gasteiger partial charge in [0.05, 0.1) is 58.9 Å². The Morgan fingerprint density at radius 2 is 1.62 bits per heavy atom. The van der Waals surface area contributed by atoms with Gasteiger partial charge in [-0.3, -0.25) is 18.6 Å². The van der Waals surface area contributed by atoms with Gasteiger partial charge in [0.1, 0.15) is 35.3 Å². The maximum atomic E-state index is 14.5. The number of aliphatic hydroxyl groups is 3. The number of benzene rings is 1. The summed E-state index contributed by atoms with van der Waals surface area (Å²) in [6.45, 7) is 14.8. The average Bonchev–Trinajstić information content (AvgIpc) is 3.38. The highest BCUT2D eigenvalue weighted by Crippen LogP contribution is 2.45. The molecule has 1 aromatic carbocycles. The monoisotopic (exact) mass is 1110 g/mol. The summed E-state index contributed by atoms with van der Waals surface area (Å²) in [4.78, 5) is 55.5. The van der Waals surface area contributed by atoms with Crippen molar-refractivity contribution < 1.29 is 80.6 Å². The number of Topliss-reactive ketones (excluding diaryl/α,β-unsaturated/α-hetero) is 1. The Balaban J connectivity index is 1.07. The molecule has 2 aromatic rings. The number of carbonyl (C=O) groups excluding carboxylic acids is 2. The number of pyridine rings is 1. The Bertz CT molecular complexity index is 2620. The fourth-order valence-electron chi connectivity index (χ4n) is 12.7. The minimum Gasteiger partial charge on any atom is -0.477 e. The summed E-state index contributed by atoms with van der Waals surface area (Å²) in [5, 5.41) is 48.3. The fourth-order valence-corrected chi connectivity index (χ4v) is 13.8. The lowest BCUT2D eigenvalue weighted by Gasteiger charge is -2.51. The van der Waals surface area contributed by atoms with Crippen LogP contribution in [0.15, 0.2) is 23.1 Å². The van der Waals surface area contributed by atoms with Crippen LogP contribution in [-0.2, 0) is 76.4 Å². The molecule has 0 spiro atoms. The third-order valence-electron chi connectivity index (χ3n) is 17.5. The lowest BCUT2D eigenvalue weighted by Crippen LogP contribution is -2.65. The number of ketones is 1. The number of rotatable bonds is 17. The number of aromatic carboxylic acids is 1. The summed E-state index contributed by atoms with van der Waals surface area (Å²) >= 11 is 0. The van der Waals surface area contributed by atoms with E-state index in [1.807, 2.05) is 30.5 Å². The molecule has 0 bridgehead atoms. The molecule has 0 unspecified atom stereocenters. The molecule has 1 aliphatic carbocycles. The summed E-state index contributed by atoms with van der Waals surface area (Å²) in [6, 6.07) is 3.47. The van der Waals surface area contributed by atoms with Crippen molar-refractivity contribution >= 4 is 38.7 Å². The Kier molecular flexibility index (Phi) is 19.3. The van der Waals surface area contributed by atoms with Crippen LogP contribution in [0.1, 0.15) is 122 Å². The maximum absolute atomic E-state index is 14.5. The number of aliphatic hydroxyl groups excluding tert-OH is 2. The van der Waals surface area contributed by atoms with E-state index in [9.17, 15) is 48.0 Å². The molecule has 3 saturated heterocycles. The number of methoxy groups -OCH3 is 2. The Morgan fingerprint density at radius 3 is 2.26 bits per heavy atom. The lowest BCUT2D eigenvalue weighted by molar-refractivity contribution is -0.318. The van der Waals surface area contributed by atoms with E-state index >= 15 is 0 Å². The SMILES string of the molecule is CO[C@]1(C)C[C@@H](C)C(=O)[C@H](C)[C@@H](O)[C@@]2(O)CC[C@H]2OC(=O)[C@H](C)[C@@H](O[C@H]2C[C@@](C)(OC)[C@@H](OS(=O)(=O)CCNCCCc3cc4c5c(c3)c(=O)c(C(=O)O)cn5CCC4)[C@H](C)O2)[C@H](C)[C@H]1O[C@@H]1O[C@H](C)C[C@H](N(C)C)[C@H]1O. The van der Waals surface area contributed by atoms with Crippen molar-refractivity contribution in [2.24, 2.45) is 23.7 Å². The van der Waals surface area contributed by atoms with E-state index in [0.717, 1.165) is 29.5 Å². The second-order valence-electron chi connectivity index (χ2n) is 23.3. The van der Waals surface area contributed by atoms with E-state index in [4.69, 9.17) is 37.3 Å². The Labute approximate surface area is 452 Å². The first-order valence-corrected chi connectivity index (χ1v) is 28.9. The number of aromatic nitrogens is 1. The molecule has 22 heteroatoms. The van der Waals surface area contributed by atoms with E-state index in [1.54, 1.807) is 54.5 Å². The van der Waals surface area contributed by atoms with Crippen LogP contribution in [0.5, 0.6) is 0 Å². The van der Waals surface area contributed by atoms with Gasteiger partial charge in [-0.15, -0.1) is 0 Å². The molecule has 5 aliphatic rings. The number of hydrogen-bond acceptors (Lipinski definition) is 19. The molecule has 1 saturated carbocycles. The normalized spacial score (nSPS) is 38.4. The van der Waals surface area contributed by atoms with E-state index in [0.29, 0.717) is 37.7 Å². The van der Waals surface area contributed by atoms with Crippen LogP contribution in [-0.4, -0.2) is 187 Å². The summed E-state index contributed by atoms with van der Waals surface area (Å²) in [5.74, 6) is -6.48. The van der Waals surface area contributed by atoms with E-state index in [1.165, 1.54) is 20.4 Å². The molecule has 1 aromatic heterocycles. The number of nitrogens with zero attached hydrogens (tertiary/aromatic N) is 2. The highest BCUT2D eigenvalue weighted by Gasteiger charge is 2.58. The molecule has 4 fully saturated rings. The zero-order valence-electron chi connectivity index (χ0n) is 46.9. The number of carbonyl (C=O) groups is 3. The first-order valence-electron chi connectivity index (χ1n) is 27.3. The minimum absolute atomic E-state index is 0.0491. The van der Waals surface area contributed by atoms with Crippen LogP contribution in [0.4, 0.5) is 0 Å². The first kappa shape index (κ1) is 61.1. The van der Waals surface area contributed by atoms with Gasteiger partial charge in [0.2, 0.25) is 5.43 Å². The number of carboxylic acids is 1. The van der Waals surface area contributed by atoms with E-state index < -0.39 is 123 Å². The van der Waals surface area contributed by atoms with Gasteiger partial charge in [-0.1, -0.05) is 26.8 Å². The topological polar surface area (TPSA) is 277 Å². The zero-order valence-corrected chi connectivity index (χ0v) is 47.7. The Morgan fingerprint density at radius 1 is 0.935 bits per heavy atom. The lowest BCUT2D eigenvalue weighted by atomic mass is 9.67. The van der Waals surface area contributed by atoms with E-state index in [2.05, 4.69) is 11.4 Å². The summed E-state index contributed by atoms with van der Waals surface area (Å²) in [6.07, 6.45) is -5.72. The van der Waals surface area contributed by atoms with Crippen LogP contribution >= 0.6 is 0 Å². The molecule has 0 radical (unpaired) electrons. The predicted molar refractivity (Wildman–Crippen MR) is 282 cm³/mol. The highest BCUT2D eigenvalue weighted by molar-refractivity contribution is 7.86. The van der Waals surface area contributed by atoms with Crippen molar-refractivity contribution in [3.05, 3.63) is 45.2 Å². The smallest absolute Gasteiger partial charge is 0.341 e. The van der Waals surface area contributed by atoms with Crippen LogP contribution in [0, 0.1) is 23.7 Å². The van der Waals surface area contributed by atoms with Gasteiger partial charge in [-0.2, -0.15) is 8.42 Å². The molecule has 77 heavy (non-hydrogen) atoms. The van der Waals surface area contributed by atoms with Crippen LogP contribution in [0.25, 0.3) is 10.9 Å². The summed E-state index contributed by atoms with van der Waals surface area (Å²) < 4.78 is 80.0. The van der Waals surface area contributed by atoms with Crippen LogP contribution < -0.4 is 10.7 Å². The van der Waals surface area contributed by atoms with Crippen molar-refractivity contribution in [2.45, 2.75) is 204 Å². The quantitative estimate of drug-likeness (QED) is 0.0863. The molecular weight excluding hydrogens is 1020 g/mol. The number of aryl methyl sites for hydroxylation is 3. The summed E-state index contributed by atoms with van der Waals surface area (Å²) in [5.41, 5.74) is -2.66. The van der Waals surface area contributed by atoms with Crippen molar-refractivity contribution in [2.75, 3.05) is 47.2 Å². The van der Waals surface area contributed by atoms with Gasteiger partial charge in [0.15, 0.2) is 12.6 Å². The summed E-state index contributed by atoms with van der Waals surface area (Å²) in [7, 11) is 2.42. The number of esters is 1. The maximum Gasteiger partial charge on any atom is 0.341 e. The molecule has 5 heterocycles. The predicted octanol–water partition coefficient (Wildman–Crippen LogP) is 3.34. The van der Waals surface area contributed by atoms with Crippen LogP contribution in [0.2, 0.25) is 0 Å². The first-order chi connectivity index (χ1) is 36.1. The van der Waals surface area contributed by atoms with Crippen molar-refractivity contribution in [1.29, 1.82) is 0 Å². The second kappa shape index (κ2) is 24.3. The number of carboxylic acid groups (broad SMARTS) is 1. The van der Waals surface area contributed by atoms with Gasteiger partial charge < -0.3 is 68.4 Å². The van der Waals surface area contributed by atoms with Gasteiger partial charge >= 0.3 is 11.9 Å². The van der Waals surface area contributed by atoms with Gasteiger partial charge in [-0.25, -0.2) is 4.79 Å². The number of ether oxygens (including phenoxy) is 7. The molecule has 4 aliphatic heterocycles. The average molecular weight is 1110 g/mol. The van der Waals surface area contributed by atoms with Gasteiger partial charge in [-0.05, 0) is 124 Å². The highest BCUT2D eigenvalue weighted by atomic mass is 32.2. The third-order valence-corrected chi connectivity index (χ3v) is 18.7. The van der Waals surface area contributed by atoms with Gasteiger partial charge in [0, 0.05) is 69.1 Å². The molecule has 5 N–H and O–H groups in total. The molecule has 0 amide bonds. The number of hydrogen-bond donors (Lipinski definition) is 5. The molecule has 21 nitrogen and oxygen atoms in total. The Hall–Kier alpha value is -3.49. The second-order valence-corrected chi connectivity index (χ2v) is 25.1. The largest absolute Gasteiger partial charge is 0.477 e. The standard InChI is InChI=1S/C55H85N3O18S/c1-29-26-53(7,69-11)48(75-52-45(61)39(57(9)10)23-30(2)71-52)32(4)46(33(5)51(65)73-40-17-18-55(40,66)47(62)31(3)43(29)59)74-41-27-54(8,70-12)49(34(6)72-41)76-77(67,68)22-20-56-19-13-15-35-24-36-16-14-21-58-28-38(50(63)64)44(60)37(25-35)42(36)58/h24-25,28-34,39-41,45-49,52,56,61-62,66H,13-23,26-27H2,1-12H3,(H,63,64)/t29-,30-,31+,32+,33-,34+,39+,40-,41+,45-,46+,47-,48-,49+,52+,53-,54-,55-/m1/s1. The third kappa shape index (κ3) is 12.8. The minimum atomic E-state index is -4.20. The van der Waals surface area contributed by atoms with Crippen molar-refractivity contribution in [3.63, 3.8) is 0 Å². The number of likely N-dealkylation sites (N-methyl/N-ethyl adjacent to an activating group) is 1. The van der Waals surface area contributed by atoms with Crippen molar-refractivity contribution in [3.8, 4) is 0 Å². The molecule has 18 atom stereocenters. The molecular formula is C55H85N3O18S. The molecule has 7 rings (SSSR count). The van der Waals surface area contributed by atoms with Crippen LogP contribution in [0.3, 0.4) is 0 Å². The van der Waals surface area contributed by atoms with Gasteiger partial charge in [0.25, 0.3) is 10.1 Å². The van der Waals surface area contributed by atoms with Crippen molar-refractivity contribution in [1.82, 2.24) is 14.8 Å². The zero-order chi connectivity index (χ0) is 56.7. The number of fused-ring (bicyclic) bond motifs is 1. The molecule has 434 valence electrons. The van der Waals surface area contributed by atoms with E-state index in [-0.39, 0.29) is 61.5 Å².